The fourth-order valence-corrected chi connectivity index (χ4v) is 3.02. The number of nitrogens with one attached hydrogen (secondary N) is 1. The molecule has 2 aromatic carbocycles. The Morgan fingerprint density at radius 3 is 2.32 bits per heavy atom. The van der Waals surface area contributed by atoms with E-state index in [1.54, 1.807) is 55.6 Å². The van der Waals surface area contributed by atoms with Crippen LogP contribution in [0.2, 0.25) is 0 Å². The van der Waals surface area contributed by atoms with Crippen molar-refractivity contribution in [3.8, 4) is 11.5 Å². The number of ether oxygens (including phenoxy) is 4. The summed E-state index contributed by atoms with van der Waals surface area (Å²) in [7, 11) is 4.03. The molecule has 1 N–H and O–H groups in total. The van der Waals surface area contributed by atoms with Crippen molar-refractivity contribution in [2.75, 3.05) is 39.5 Å². The lowest BCUT2D eigenvalue weighted by Gasteiger charge is -2.31. The van der Waals surface area contributed by atoms with Gasteiger partial charge in [0.1, 0.15) is 23.9 Å². The third-order valence-electron chi connectivity index (χ3n) is 4.54. The molecule has 9 nitrogen and oxygen atoms in total. The number of anilines is 1. The number of methoxy groups -OCH3 is 2. The van der Waals surface area contributed by atoms with Gasteiger partial charge in [-0.25, -0.2) is 9.59 Å². The lowest BCUT2D eigenvalue weighted by Crippen LogP contribution is -2.38. The maximum Gasteiger partial charge on any atom is 0.355 e. The van der Waals surface area contributed by atoms with E-state index in [0.29, 0.717) is 22.7 Å². The molecule has 0 atom stereocenters. The molecule has 9 heteroatoms. The summed E-state index contributed by atoms with van der Waals surface area (Å²) in [6, 6.07) is 13.6. The summed E-state index contributed by atoms with van der Waals surface area (Å²) in [6.45, 7) is -0.00418. The monoisotopic (exact) mass is 426 g/mol. The fourth-order valence-electron chi connectivity index (χ4n) is 3.02. The van der Waals surface area contributed by atoms with Gasteiger partial charge < -0.3 is 29.2 Å². The number of carbonyl (C=O) groups excluding carboxylic acids is 3. The number of rotatable bonds is 6. The molecular formula is C22H22N2O7. The number of esters is 2. The van der Waals surface area contributed by atoms with Gasteiger partial charge in [0.25, 0.3) is 5.91 Å². The van der Waals surface area contributed by atoms with Crippen molar-refractivity contribution in [1.29, 1.82) is 0 Å². The summed E-state index contributed by atoms with van der Waals surface area (Å²) in [4.78, 5) is 37.8. The van der Waals surface area contributed by atoms with Gasteiger partial charge in [0.15, 0.2) is 0 Å². The number of benzene rings is 2. The molecule has 0 aliphatic carbocycles. The average molecular weight is 426 g/mol. The van der Waals surface area contributed by atoms with E-state index in [1.807, 2.05) is 0 Å². The molecule has 1 aliphatic heterocycles. The van der Waals surface area contributed by atoms with Gasteiger partial charge in [0, 0.05) is 18.3 Å². The normalized spacial score (nSPS) is 13.5. The smallest absolute Gasteiger partial charge is 0.355 e. The lowest BCUT2D eigenvalue weighted by atomic mass is 10.1. The summed E-state index contributed by atoms with van der Waals surface area (Å²) < 4.78 is 20.9. The SMILES string of the molecule is CNC(=O)c1cccc(Oc2ccc(N3COCC(C(=O)OC)=C3C(=O)OC)cc2)c1. The van der Waals surface area contributed by atoms with E-state index in [4.69, 9.17) is 18.9 Å². The first kappa shape index (κ1) is 21.8. The molecule has 2 aromatic rings. The van der Waals surface area contributed by atoms with E-state index >= 15 is 0 Å². The van der Waals surface area contributed by atoms with Gasteiger partial charge in [-0.2, -0.15) is 0 Å². The molecule has 162 valence electrons. The molecule has 3 rings (SSSR count). The quantitative estimate of drug-likeness (QED) is 0.702. The van der Waals surface area contributed by atoms with Crippen molar-refractivity contribution in [1.82, 2.24) is 5.32 Å². The first-order valence-electron chi connectivity index (χ1n) is 9.33. The second-order valence-electron chi connectivity index (χ2n) is 6.42. The molecule has 0 radical (unpaired) electrons. The van der Waals surface area contributed by atoms with Gasteiger partial charge in [0.2, 0.25) is 0 Å². The summed E-state index contributed by atoms with van der Waals surface area (Å²) in [5.41, 5.74) is 1.21. The molecule has 0 saturated carbocycles. The van der Waals surface area contributed by atoms with E-state index in [9.17, 15) is 14.4 Å². The highest BCUT2D eigenvalue weighted by Crippen LogP contribution is 2.30. The van der Waals surface area contributed by atoms with Gasteiger partial charge in [0.05, 0.1) is 26.4 Å². The minimum Gasteiger partial charge on any atom is -0.466 e. The second-order valence-corrected chi connectivity index (χ2v) is 6.42. The highest BCUT2D eigenvalue weighted by Gasteiger charge is 2.32. The Morgan fingerprint density at radius 1 is 0.968 bits per heavy atom. The molecule has 31 heavy (non-hydrogen) atoms. The summed E-state index contributed by atoms with van der Waals surface area (Å²) in [5.74, 6) is -0.531. The Hall–Kier alpha value is -3.85. The van der Waals surface area contributed by atoms with Crippen LogP contribution in [0.5, 0.6) is 11.5 Å². The van der Waals surface area contributed by atoms with Crippen LogP contribution in [0.4, 0.5) is 5.69 Å². The Bertz CT molecular complexity index is 1010. The highest BCUT2D eigenvalue weighted by atomic mass is 16.5. The van der Waals surface area contributed by atoms with Gasteiger partial charge >= 0.3 is 11.9 Å². The largest absolute Gasteiger partial charge is 0.466 e. The van der Waals surface area contributed by atoms with Crippen molar-refractivity contribution in [2.24, 2.45) is 0 Å². The van der Waals surface area contributed by atoms with Gasteiger partial charge in [-0.15, -0.1) is 0 Å². The zero-order valence-corrected chi connectivity index (χ0v) is 17.3. The number of hydrogen-bond acceptors (Lipinski definition) is 8. The third-order valence-corrected chi connectivity index (χ3v) is 4.54. The summed E-state index contributed by atoms with van der Waals surface area (Å²) in [6.07, 6.45) is 0. The van der Waals surface area contributed by atoms with Crippen LogP contribution in [0.15, 0.2) is 59.8 Å². The summed E-state index contributed by atoms with van der Waals surface area (Å²) in [5, 5.41) is 2.56. The van der Waals surface area contributed by atoms with Crippen LogP contribution in [0.25, 0.3) is 0 Å². The molecular weight excluding hydrogens is 404 g/mol. The Labute approximate surface area is 179 Å². The van der Waals surface area contributed by atoms with Crippen molar-refractivity contribution in [3.05, 3.63) is 65.4 Å². The standard InChI is InChI=1S/C22H22N2O7/c1-23-20(25)14-5-4-6-17(11-14)31-16-9-7-15(8-10-16)24-13-30-12-18(21(26)28-2)19(24)22(27)29-3/h4-11H,12-13H2,1-3H3,(H,23,25). The first-order valence-corrected chi connectivity index (χ1v) is 9.33. The Morgan fingerprint density at radius 2 is 1.68 bits per heavy atom. The third kappa shape index (κ3) is 4.84. The lowest BCUT2D eigenvalue weighted by molar-refractivity contribution is -0.140. The zero-order valence-electron chi connectivity index (χ0n) is 17.3. The summed E-state index contributed by atoms with van der Waals surface area (Å²) >= 11 is 0. The van der Waals surface area contributed by atoms with Crippen LogP contribution in [-0.4, -0.2) is 52.5 Å². The Balaban J connectivity index is 1.86. The number of hydrogen-bond donors (Lipinski definition) is 1. The van der Waals surface area contributed by atoms with Crippen molar-refractivity contribution in [2.45, 2.75) is 0 Å². The molecule has 1 heterocycles. The van der Waals surface area contributed by atoms with Crippen LogP contribution in [-0.2, 0) is 23.8 Å². The van der Waals surface area contributed by atoms with Crippen LogP contribution in [0.1, 0.15) is 10.4 Å². The van der Waals surface area contributed by atoms with Crippen LogP contribution in [0, 0.1) is 0 Å². The van der Waals surface area contributed by atoms with Crippen molar-refractivity contribution < 1.29 is 33.3 Å². The molecule has 0 saturated heterocycles. The molecule has 1 amide bonds. The van der Waals surface area contributed by atoms with Crippen LogP contribution >= 0.6 is 0 Å². The second kappa shape index (κ2) is 9.77. The zero-order chi connectivity index (χ0) is 22.4. The molecule has 0 unspecified atom stereocenters. The minimum atomic E-state index is -0.671. The van der Waals surface area contributed by atoms with Gasteiger partial charge in [-0.05, 0) is 42.5 Å². The maximum absolute atomic E-state index is 12.4. The molecule has 0 spiro atoms. The van der Waals surface area contributed by atoms with Crippen molar-refractivity contribution in [3.63, 3.8) is 0 Å². The molecule has 0 fully saturated rings. The minimum absolute atomic E-state index is 0.0549. The van der Waals surface area contributed by atoms with Crippen LogP contribution < -0.4 is 15.0 Å². The number of amides is 1. The molecule has 0 bridgehead atoms. The van der Waals surface area contributed by atoms with Crippen molar-refractivity contribution >= 4 is 23.5 Å². The highest BCUT2D eigenvalue weighted by molar-refractivity contribution is 6.03. The topological polar surface area (TPSA) is 103 Å². The van der Waals surface area contributed by atoms with Crippen LogP contribution in [0.3, 0.4) is 0 Å². The predicted octanol–water partition coefficient (Wildman–Crippen LogP) is 2.23. The van der Waals surface area contributed by atoms with E-state index in [0.717, 1.165) is 0 Å². The number of nitrogens with zero attached hydrogens (tertiary/aromatic N) is 1. The fraction of sp³-hybridized carbons (Fsp3) is 0.227. The first-order chi connectivity index (χ1) is 15.0. The van der Waals surface area contributed by atoms with E-state index in [-0.39, 0.29) is 30.5 Å². The Kier molecular flexibility index (Phi) is 6.88. The average Bonchev–Trinajstić information content (AvgIpc) is 2.82. The van der Waals surface area contributed by atoms with Gasteiger partial charge in [-0.1, -0.05) is 6.07 Å². The van der Waals surface area contributed by atoms with Gasteiger partial charge in [-0.3, -0.25) is 4.79 Å². The van der Waals surface area contributed by atoms with E-state index in [1.165, 1.54) is 19.1 Å². The number of carbonyl (C=O) groups is 3. The molecule has 0 aromatic heterocycles. The van der Waals surface area contributed by atoms with E-state index in [2.05, 4.69) is 5.32 Å². The predicted molar refractivity (Wildman–Crippen MR) is 111 cm³/mol. The maximum atomic E-state index is 12.4. The molecule has 1 aliphatic rings. The van der Waals surface area contributed by atoms with E-state index < -0.39 is 11.9 Å².